The Bertz CT molecular complexity index is 338. The predicted molar refractivity (Wildman–Crippen MR) is 42.3 cm³/mol. The van der Waals surface area contributed by atoms with Gasteiger partial charge < -0.3 is 5.73 Å². The van der Waals surface area contributed by atoms with E-state index in [0.717, 1.165) is 5.38 Å². The third kappa shape index (κ3) is 2.85. The Kier molecular flexibility index (Phi) is 3.01. The van der Waals surface area contributed by atoms with Crippen molar-refractivity contribution in [3.8, 4) is 0 Å². The fraction of sp³-hybridized carbons (Fsp3) is 0.429. The molecule has 0 aliphatic rings. The van der Waals surface area contributed by atoms with Gasteiger partial charge in [0.1, 0.15) is 10.9 Å². The van der Waals surface area contributed by atoms with Gasteiger partial charge in [-0.3, -0.25) is 0 Å². The van der Waals surface area contributed by atoms with Crippen LogP contribution < -0.4 is 5.73 Å². The summed E-state index contributed by atoms with van der Waals surface area (Å²) in [6, 6.07) is -1.95. The van der Waals surface area contributed by atoms with E-state index < -0.39 is 28.8 Å². The van der Waals surface area contributed by atoms with E-state index in [0.29, 0.717) is 6.07 Å². The first kappa shape index (κ1) is 12.3. The van der Waals surface area contributed by atoms with Crippen LogP contribution in [0.15, 0.2) is 11.4 Å². The quantitative estimate of drug-likeness (QED) is 0.759. The van der Waals surface area contributed by atoms with Crippen LogP contribution >= 0.6 is 11.3 Å². The van der Waals surface area contributed by atoms with E-state index in [-0.39, 0.29) is 11.3 Å². The largest absolute Gasteiger partial charge is 0.425 e. The van der Waals surface area contributed by atoms with Gasteiger partial charge in [-0.25, -0.2) is 0 Å². The molecule has 86 valence electrons. The zero-order chi connectivity index (χ0) is 11.9. The molecular formula is C7H5F6NS. The lowest BCUT2D eigenvalue weighted by Gasteiger charge is -2.13. The minimum atomic E-state index is -4.73. The number of hydrogen-bond acceptors (Lipinski definition) is 2. The Hall–Kier alpha value is -0.760. The van der Waals surface area contributed by atoms with Gasteiger partial charge in [0.2, 0.25) is 0 Å². The zero-order valence-electron chi connectivity index (χ0n) is 6.99. The molecule has 1 atom stereocenters. The van der Waals surface area contributed by atoms with Crippen molar-refractivity contribution in [3.05, 3.63) is 21.9 Å². The number of rotatable bonds is 1. The molecule has 0 aliphatic heterocycles. The van der Waals surface area contributed by atoms with Crippen LogP contribution in [-0.2, 0) is 6.18 Å². The summed E-state index contributed by atoms with van der Waals surface area (Å²) in [5, 5.41) is 0.765. The first-order valence-electron chi connectivity index (χ1n) is 3.60. The molecule has 1 nitrogen and oxygen atoms in total. The molecule has 0 radical (unpaired) electrons. The summed E-state index contributed by atoms with van der Waals surface area (Å²) in [5.41, 5.74) is 4.17. The Morgan fingerprint density at radius 1 is 1.13 bits per heavy atom. The molecular weight excluding hydrogens is 244 g/mol. The van der Waals surface area contributed by atoms with Gasteiger partial charge in [-0.2, -0.15) is 26.3 Å². The summed E-state index contributed by atoms with van der Waals surface area (Å²) in [6.45, 7) is 0. The van der Waals surface area contributed by atoms with Gasteiger partial charge in [0, 0.05) is 0 Å². The summed E-state index contributed by atoms with van der Waals surface area (Å²) >= 11 is 0.196. The fourth-order valence-electron chi connectivity index (χ4n) is 0.852. The average Bonchev–Trinajstić information content (AvgIpc) is 2.47. The molecule has 8 heteroatoms. The molecule has 1 aromatic heterocycles. The molecule has 15 heavy (non-hydrogen) atoms. The van der Waals surface area contributed by atoms with E-state index in [1.165, 1.54) is 0 Å². The van der Waals surface area contributed by atoms with Crippen molar-refractivity contribution in [1.82, 2.24) is 0 Å². The van der Waals surface area contributed by atoms with Crippen LogP contribution in [-0.4, -0.2) is 6.18 Å². The molecule has 1 heterocycles. The number of hydrogen-bond donors (Lipinski definition) is 1. The van der Waals surface area contributed by atoms with Gasteiger partial charge in [0.15, 0.2) is 0 Å². The van der Waals surface area contributed by atoms with Crippen molar-refractivity contribution in [2.75, 3.05) is 0 Å². The van der Waals surface area contributed by atoms with E-state index in [9.17, 15) is 26.3 Å². The average molecular weight is 249 g/mol. The molecule has 1 rings (SSSR count). The highest BCUT2D eigenvalue weighted by molar-refractivity contribution is 7.10. The molecule has 0 bridgehead atoms. The first-order chi connectivity index (χ1) is 6.62. The van der Waals surface area contributed by atoms with Gasteiger partial charge in [-0.15, -0.1) is 11.3 Å². The van der Waals surface area contributed by atoms with E-state index in [2.05, 4.69) is 0 Å². The van der Waals surface area contributed by atoms with Crippen molar-refractivity contribution in [2.45, 2.75) is 18.4 Å². The Labute approximate surface area is 84.5 Å². The molecule has 0 fully saturated rings. The van der Waals surface area contributed by atoms with Crippen molar-refractivity contribution in [3.63, 3.8) is 0 Å². The van der Waals surface area contributed by atoms with Crippen LogP contribution in [0, 0.1) is 0 Å². The normalized spacial score (nSPS) is 15.4. The number of halogens is 6. The highest BCUT2D eigenvalue weighted by atomic mass is 32.1. The van der Waals surface area contributed by atoms with Crippen LogP contribution in [0.4, 0.5) is 26.3 Å². The molecule has 0 spiro atoms. The fourth-order valence-corrected chi connectivity index (χ4v) is 1.67. The standard InChI is InChI=1S/C7H5F6NS/c8-6(9,10)4-1-3(2-15-4)5(14)7(11,12)13/h1-2,5H,14H2. The lowest BCUT2D eigenvalue weighted by Crippen LogP contribution is -2.27. The third-order valence-corrected chi connectivity index (χ3v) is 2.60. The van der Waals surface area contributed by atoms with Crippen molar-refractivity contribution < 1.29 is 26.3 Å². The second kappa shape index (κ2) is 3.67. The summed E-state index contributed by atoms with van der Waals surface area (Å²) in [6.07, 6.45) is -9.36. The van der Waals surface area contributed by atoms with Crippen molar-refractivity contribution in [1.29, 1.82) is 0 Å². The smallest absolute Gasteiger partial charge is 0.316 e. The van der Waals surface area contributed by atoms with Crippen molar-refractivity contribution in [2.24, 2.45) is 5.73 Å². The SMILES string of the molecule is NC(c1csc(C(F)(F)F)c1)C(F)(F)F. The van der Waals surface area contributed by atoms with Gasteiger partial charge in [0.25, 0.3) is 0 Å². The number of alkyl halides is 6. The van der Waals surface area contributed by atoms with E-state index in [1.807, 2.05) is 0 Å². The van der Waals surface area contributed by atoms with Crippen LogP contribution in [0.3, 0.4) is 0 Å². The lowest BCUT2D eigenvalue weighted by atomic mass is 10.1. The maximum Gasteiger partial charge on any atom is 0.425 e. The number of nitrogens with two attached hydrogens (primary N) is 1. The highest BCUT2D eigenvalue weighted by Gasteiger charge is 2.40. The van der Waals surface area contributed by atoms with E-state index >= 15 is 0 Å². The Morgan fingerprint density at radius 2 is 1.67 bits per heavy atom. The minimum Gasteiger partial charge on any atom is -0.316 e. The number of thiophene rings is 1. The summed E-state index contributed by atoms with van der Waals surface area (Å²) in [5.74, 6) is 0. The molecule has 2 N–H and O–H groups in total. The Balaban J connectivity index is 2.95. The van der Waals surface area contributed by atoms with Crippen LogP contribution in [0.1, 0.15) is 16.5 Å². The molecule has 0 aromatic carbocycles. The van der Waals surface area contributed by atoms with Gasteiger partial charge in [-0.1, -0.05) is 0 Å². The van der Waals surface area contributed by atoms with Crippen molar-refractivity contribution >= 4 is 11.3 Å². The topological polar surface area (TPSA) is 26.0 Å². The molecule has 0 amide bonds. The van der Waals surface area contributed by atoms with Gasteiger partial charge in [-0.05, 0) is 17.0 Å². The molecule has 1 unspecified atom stereocenters. The molecule has 0 saturated carbocycles. The zero-order valence-corrected chi connectivity index (χ0v) is 7.80. The molecule has 0 aliphatic carbocycles. The minimum absolute atomic E-state index is 0.196. The molecule has 0 saturated heterocycles. The highest BCUT2D eigenvalue weighted by Crippen LogP contribution is 2.38. The molecule has 1 aromatic rings. The lowest BCUT2D eigenvalue weighted by molar-refractivity contribution is -0.149. The second-order valence-corrected chi connectivity index (χ2v) is 3.67. The van der Waals surface area contributed by atoms with Crippen LogP contribution in [0.2, 0.25) is 0 Å². The second-order valence-electron chi connectivity index (χ2n) is 2.76. The van der Waals surface area contributed by atoms with E-state index in [1.54, 1.807) is 0 Å². The summed E-state index contributed by atoms with van der Waals surface area (Å²) in [7, 11) is 0. The third-order valence-electron chi connectivity index (χ3n) is 1.61. The summed E-state index contributed by atoms with van der Waals surface area (Å²) < 4.78 is 72.3. The Morgan fingerprint density at radius 3 is 2.00 bits per heavy atom. The first-order valence-corrected chi connectivity index (χ1v) is 4.48. The predicted octanol–water partition coefficient (Wildman–Crippen LogP) is 3.33. The van der Waals surface area contributed by atoms with Crippen LogP contribution in [0.25, 0.3) is 0 Å². The summed E-state index contributed by atoms with van der Waals surface area (Å²) in [4.78, 5) is -1.09. The van der Waals surface area contributed by atoms with Gasteiger partial charge >= 0.3 is 12.4 Å². The van der Waals surface area contributed by atoms with E-state index in [4.69, 9.17) is 5.73 Å². The maximum atomic E-state index is 12.0. The maximum absolute atomic E-state index is 12.0. The monoisotopic (exact) mass is 249 g/mol. The van der Waals surface area contributed by atoms with Gasteiger partial charge in [0.05, 0.1) is 0 Å². The van der Waals surface area contributed by atoms with Crippen LogP contribution in [0.5, 0.6) is 0 Å².